The first kappa shape index (κ1) is 14.0. The van der Waals surface area contributed by atoms with Crippen molar-refractivity contribution >= 4 is 11.9 Å². The maximum absolute atomic E-state index is 11.5. The Kier molecular flexibility index (Phi) is 3.52. The lowest BCUT2D eigenvalue weighted by atomic mass is 10.2. The van der Waals surface area contributed by atoms with Gasteiger partial charge in [-0.05, 0) is 41.5 Å². The zero-order chi connectivity index (χ0) is 13.4. The van der Waals surface area contributed by atoms with Crippen LogP contribution in [-0.4, -0.2) is 35.3 Å². The second kappa shape index (κ2) is 4.29. The smallest absolute Gasteiger partial charge is 0.339 e. The minimum atomic E-state index is -0.816. The molecule has 0 radical (unpaired) electrons. The summed E-state index contributed by atoms with van der Waals surface area (Å²) in [5.41, 5.74) is -1.16. The zero-order valence-electron chi connectivity index (χ0n) is 11.2. The fraction of sp³-hybridized carbons (Fsp3) is 0.833. The highest BCUT2D eigenvalue weighted by atomic mass is 16.7. The highest BCUT2D eigenvalue weighted by Crippen LogP contribution is 2.28. The van der Waals surface area contributed by atoms with E-state index in [1.165, 1.54) is 0 Å². The fourth-order valence-electron chi connectivity index (χ4n) is 1.19. The second-order valence-electron chi connectivity index (χ2n) is 6.04. The van der Waals surface area contributed by atoms with E-state index < -0.39 is 35.3 Å². The third-order valence-corrected chi connectivity index (χ3v) is 1.77. The van der Waals surface area contributed by atoms with Crippen molar-refractivity contribution in [3.63, 3.8) is 0 Å². The van der Waals surface area contributed by atoms with Gasteiger partial charge in [-0.1, -0.05) is 0 Å². The summed E-state index contributed by atoms with van der Waals surface area (Å²) in [6, 6.07) is 0. The molecule has 0 N–H and O–H groups in total. The van der Waals surface area contributed by atoms with Gasteiger partial charge in [0.2, 0.25) is 0 Å². The van der Waals surface area contributed by atoms with Gasteiger partial charge in [0.05, 0.1) is 0 Å². The third-order valence-electron chi connectivity index (χ3n) is 1.77. The Balaban J connectivity index is 2.44. The first-order chi connectivity index (χ1) is 7.49. The summed E-state index contributed by atoms with van der Waals surface area (Å²) in [5, 5.41) is 0. The Morgan fingerprint density at radius 1 is 0.824 bits per heavy atom. The lowest BCUT2D eigenvalue weighted by molar-refractivity contribution is -0.159. The fourth-order valence-corrected chi connectivity index (χ4v) is 1.19. The van der Waals surface area contributed by atoms with Crippen LogP contribution in [0.1, 0.15) is 41.5 Å². The van der Waals surface area contributed by atoms with Crippen LogP contribution in [0.15, 0.2) is 0 Å². The van der Waals surface area contributed by atoms with Gasteiger partial charge < -0.3 is 14.2 Å². The van der Waals surface area contributed by atoms with Crippen LogP contribution in [0.2, 0.25) is 0 Å². The zero-order valence-corrected chi connectivity index (χ0v) is 11.2. The molecule has 1 rings (SSSR count). The summed E-state index contributed by atoms with van der Waals surface area (Å²) in [7, 11) is 0. The van der Waals surface area contributed by atoms with Crippen molar-refractivity contribution < 1.29 is 23.8 Å². The first-order valence-electron chi connectivity index (χ1n) is 5.61. The molecular weight excluding hydrogens is 224 g/mol. The highest BCUT2D eigenvalue weighted by molar-refractivity contribution is 5.90. The maximum atomic E-state index is 11.5. The number of epoxide rings is 1. The lowest BCUT2D eigenvalue weighted by Gasteiger charge is -2.19. The van der Waals surface area contributed by atoms with Gasteiger partial charge in [0.1, 0.15) is 11.2 Å². The summed E-state index contributed by atoms with van der Waals surface area (Å²) in [4.78, 5) is 23.1. The SMILES string of the molecule is CC(C)(C)OC(=O)[C@@H]1O[C@H]1C(=O)OC(C)(C)C. The Labute approximate surface area is 101 Å². The van der Waals surface area contributed by atoms with Gasteiger partial charge in [-0.3, -0.25) is 0 Å². The quantitative estimate of drug-likeness (QED) is 0.543. The molecule has 98 valence electrons. The Hall–Kier alpha value is -1.10. The van der Waals surface area contributed by atoms with Crippen LogP contribution in [0.3, 0.4) is 0 Å². The normalized spacial score (nSPS) is 24.1. The number of hydrogen-bond acceptors (Lipinski definition) is 5. The number of carbonyl (C=O) groups is 2. The molecule has 0 unspecified atom stereocenters. The highest BCUT2D eigenvalue weighted by Gasteiger charge is 2.54. The molecule has 0 bridgehead atoms. The molecule has 1 aliphatic heterocycles. The minimum absolute atomic E-state index is 0.520. The van der Waals surface area contributed by atoms with Gasteiger partial charge in [-0.25, -0.2) is 9.59 Å². The van der Waals surface area contributed by atoms with Crippen molar-refractivity contribution in [2.45, 2.75) is 65.0 Å². The summed E-state index contributed by atoms with van der Waals surface area (Å²) < 4.78 is 15.2. The first-order valence-corrected chi connectivity index (χ1v) is 5.61. The van der Waals surface area contributed by atoms with Crippen LogP contribution in [0, 0.1) is 0 Å². The molecule has 1 saturated heterocycles. The number of hydrogen-bond donors (Lipinski definition) is 0. The van der Waals surface area contributed by atoms with E-state index in [-0.39, 0.29) is 0 Å². The van der Waals surface area contributed by atoms with E-state index >= 15 is 0 Å². The van der Waals surface area contributed by atoms with E-state index in [4.69, 9.17) is 14.2 Å². The maximum Gasteiger partial charge on any atom is 0.339 e. The van der Waals surface area contributed by atoms with Crippen molar-refractivity contribution in [2.24, 2.45) is 0 Å². The lowest BCUT2D eigenvalue weighted by Crippen LogP contribution is -2.31. The molecule has 1 heterocycles. The number of rotatable bonds is 2. The molecule has 0 aromatic carbocycles. The van der Waals surface area contributed by atoms with Crippen LogP contribution < -0.4 is 0 Å². The molecule has 5 nitrogen and oxygen atoms in total. The van der Waals surface area contributed by atoms with Crippen LogP contribution >= 0.6 is 0 Å². The van der Waals surface area contributed by atoms with Crippen LogP contribution in [0.25, 0.3) is 0 Å². The predicted molar refractivity (Wildman–Crippen MR) is 60.4 cm³/mol. The summed E-state index contributed by atoms with van der Waals surface area (Å²) in [6.45, 7) is 10.6. The van der Waals surface area contributed by atoms with E-state index in [1.807, 2.05) is 0 Å². The van der Waals surface area contributed by atoms with E-state index in [9.17, 15) is 9.59 Å². The molecular formula is C12H20O5. The standard InChI is InChI=1S/C12H20O5/c1-11(2,3)16-9(13)7-8(15-7)10(14)17-12(4,5)6/h7-8H,1-6H3/t7-,8-/m1/s1. The van der Waals surface area contributed by atoms with Gasteiger partial charge in [0.25, 0.3) is 0 Å². The molecule has 0 aliphatic carbocycles. The van der Waals surface area contributed by atoms with E-state index in [0.29, 0.717) is 0 Å². The predicted octanol–water partition coefficient (Wildman–Crippen LogP) is 1.44. The number of esters is 2. The van der Waals surface area contributed by atoms with E-state index in [1.54, 1.807) is 41.5 Å². The molecule has 0 amide bonds. The van der Waals surface area contributed by atoms with Gasteiger partial charge in [0, 0.05) is 0 Å². The molecule has 0 aromatic rings. The average molecular weight is 244 g/mol. The van der Waals surface area contributed by atoms with Gasteiger partial charge in [-0.2, -0.15) is 0 Å². The number of carbonyl (C=O) groups excluding carboxylic acids is 2. The Morgan fingerprint density at radius 3 is 1.35 bits per heavy atom. The Bertz CT molecular complexity index is 289. The molecule has 5 heteroatoms. The van der Waals surface area contributed by atoms with Crippen LogP contribution in [-0.2, 0) is 23.8 Å². The molecule has 0 aromatic heterocycles. The molecule has 2 atom stereocenters. The van der Waals surface area contributed by atoms with Gasteiger partial charge >= 0.3 is 11.9 Å². The van der Waals surface area contributed by atoms with Crippen molar-refractivity contribution in [3.05, 3.63) is 0 Å². The Morgan fingerprint density at radius 2 is 1.12 bits per heavy atom. The summed E-state index contributed by atoms with van der Waals surface area (Å²) in [5.74, 6) is -1.04. The van der Waals surface area contributed by atoms with Crippen molar-refractivity contribution in [2.75, 3.05) is 0 Å². The minimum Gasteiger partial charge on any atom is -0.458 e. The molecule has 17 heavy (non-hydrogen) atoms. The van der Waals surface area contributed by atoms with Gasteiger partial charge in [0.15, 0.2) is 12.2 Å². The molecule has 0 spiro atoms. The second-order valence-corrected chi connectivity index (χ2v) is 6.04. The van der Waals surface area contributed by atoms with E-state index in [2.05, 4.69) is 0 Å². The van der Waals surface area contributed by atoms with Crippen LogP contribution in [0.4, 0.5) is 0 Å². The van der Waals surface area contributed by atoms with Crippen molar-refractivity contribution in [1.82, 2.24) is 0 Å². The van der Waals surface area contributed by atoms with E-state index in [0.717, 1.165) is 0 Å². The van der Waals surface area contributed by atoms with Crippen molar-refractivity contribution in [3.8, 4) is 0 Å². The average Bonchev–Trinajstić information content (AvgIpc) is 2.74. The largest absolute Gasteiger partial charge is 0.458 e. The monoisotopic (exact) mass is 244 g/mol. The summed E-state index contributed by atoms with van der Waals surface area (Å²) in [6.07, 6.45) is -1.63. The molecule has 0 saturated carbocycles. The van der Waals surface area contributed by atoms with Crippen LogP contribution in [0.5, 0.6) is 0 Å². The molecule has 1 fully saturated rings. The third kappa shape index (κ3) is 4.73. The molecule has 1 aliphatic rings. The van der Waals surface area contributed by atoms with Gasteiger partial charge in [-0.15, -0.1) is 0 Å². The van der Waals surface area contributed by atoms with Crippen molar-refractivity contribution in [1.29, 1.82) is 0 Å². The topological polar surface area (TPSA) is 65.1 Å². The summed E-state index contributed by atoms with van der Waals surface area (Å²) >= 11 is 0. The number of ether oxygens (including phenoxy) is 3.